The fourth-order valence-electron chi connectivity index (χ4n) is 1.94. The topological polar surface area (TPSA) is 83.8 Å². The highest BCUT2D eigenvalue weighted by Gasteiger charge is 2.10. The van der Waals surface area contributed by atoms with Crippen LogP contribution in [0.3, 0.4) is 0 Å². The molecule has 94 valence electrons. The summed E-state index contributed by atoms with van der Waals surface area (Å²) < 4.78 is 0. The lowest BCUT2D eigenvalue weighted by Crippen LogP contribution is -2.14. The van der Waals surface area contributed by atoms with Crippen LogP contribution in [0, 0.1) is 0 Å². The van der Waals surface area contributed by atoms with Crippen LogP contribution < -0.4 is 11.1 Å². The number of pyridine rings is 1. The van der Waals surface area contributed by atoms with E-state index < -0.39 is 0 Å². The number of carbonyl (C=O) groups is 1. The molecule has 19 heavy (non-hydrogen) atoms. The lowest BCUT2D eigenvalue weighted by Gasteiger charge is -2.06. The van der Waals surface area contributed by atoms with Crippen LogP contribution in [0.2, 0.25) is 0 Å². The molecule has 1 aromatic carbocycles. The average molecular weight is 252 g/mol. The second kappa shape index (κ2) is 4.45. The van der Waals surface area contributed by atoms with E-state index >= 15 is 0 Å². The van der Waals surface area contributed by atoms with Crippen LogP contribution in [0.1, 0.15) is 10.4 Å². The average Bonchev–Trinajstić information content (AvgIpc) is 2.86. The van der Waals surface area contributed by atoms with Crippen molar-refractivity contribution in [1.29, 1.82) is 0 Å². The van der Waals surface area contributed by atoms with Crippen molar-refractivity contribution >= 4 is 28.3 Å². The SMILES string of the molecule is Nc1ncccc1C(=O)Nc1ccc2[nH]ccc2c1. The Hall–Kier alpha value is -2.82. The molecule has 3 rings (SSSR count). The quantitative estimate of drug-likeness (QED) is 0.654. The molecule has 5 nitrogen and oxygen atoms in total. The number of rotatable bonds is 2. The summed E-state index contributed by atoms with van der Waals surface area (Å²) in [5.41, 5.74) is 7.79. The Kier molecular flexibility index (Phi) is 2.64. The van der Waals surface area contributed by atoms with Crippen LogP contribution in [0.15, 0.2) is 48.8 Å². The molecular weight excluding hydrogens is 240 g/mol. The largest absolute Gasteiger partial charge is 0.383 e. The van der Waals surface area contributed by atoms with Crippen LogP contribution in [0.4, 0.5) is 11.5 Å². The van der Waals surface area contributed by atoms with Crippen LogP contribution in [0.5, 0.6) is 0 Å². The van der Waals surface area contributed by atoms with Gasteiger partial charge >= 0.3 is 0 Å². The molecule has 0 bridgehead atoms. The second-order valence-electron chi connectivity index (χ2n) is 4.17. The first-order chi connectivity index (χ1) is 9.24. The maximum atomic E-state index is 12.1. The molecule has 0 aliphatic heterocycles. The van der Waals surface area contributed by atoms with Crippen molar-refractivity contribution in [2.75, 3.05) is 11.1 Å². The number of nitrogens with zero attached hydrogens (tertiary/aromatic N) is 1. The number of aromatic nitrogens is 2. The Balaban J connectivity index is 1.88. The molecule has 2 aromatic heterocycles. The first-order valence-corrected chi connectivity index (χ1v) is 5.83. The molecule has 2 heterocycles. The lowest BCUT2D eigenvalue weighted by atomic mass is 10.2. The minimum Gasteiger partial charge on any atom is -0.383 e. The molecule has 0 saturated heterocycles. The Morgan fingerprint density at radius 2 is 2.16 bits per heavy atom. The molecule has 0 spiro atoms. The minimum atomic E-state index is -0.263. The molecule has 0 unspecified atom stereocenters. The zero-order valence-electron chi connectivity index (χ0n) is 10.1. The van der Waals surface area contributed by atoms with Crippen molar-refractivity contribution in [2.24, 2.45) is 0 Å². The molecule has 0 radical (unpaired) electrons. The van der Waals surface area contributed by atoms with Gasteiger partial charge in [-0.2, -0.15) is 0 Å². The number of hydrogen-bond donors (Lipinski definition) is 3. The molecule has 5 heteroatoms. The number of nitrogen functional groups attached to an aromatic ring is 1. The van der Waals surface area contributed by atoms with Gasteiger partial charge in [0.05, 0.1) is 5.56 Å². The third-order valence-corrected chi connectivity index (χ3v) is 2.89. The Morgan fingerprint density at radius 1 is 1.26 bits per heavy atom. The molecular formula is C14H12N4O. The smallest absolute Gasteiger partial charge is 0.259 e. The van der Waals surface area contributed by atoms with E-state index in [1.165, 1.54) is 0 Å². The van der Waals surface area contributed by atoms with Crippen molar-refractivity contribution in [3.63, 3.8) is 0 Å². The second-order valence-corrected chi connectivity index (χ2v) is 4.17. The van der Waals surface area contributed by atoms with Gasteiger partial charge in [-0.1, -0.05) is 0 Å². The van der Waals surface area contributed by atoms with Gasteiger partial charge in [-0.25, -0.2) is 4.98 Å². The fourth-order valence-corrected chi connectivity index (χ4v) is 1.94. The summed E-state index contributed by atoms with van der Waals surface area (Å²) in [6.07, 6.45) is 3.41. The van der Waals surface area contributed by atoms with E-state index in [4.69, 9.17) is 5.73 Å². The normalized spacial score (nSPS) is 10.5. The van der Waals surface area contributed by atoms with Crippen LogP contribution in [-0.2, 0) is 0 Å². The summed E-state index contributed by atoms with van der Waals surface area (Å²) in [7, 11) is 0. The zero-order valence-corrected chi connectivity index (χ0v) is 10.1. The molecule has 0 aliphatic rings. The molecule has 3 aromatic rings. The molecule has 0 atom stereocenters. The number of fused-ring (bicyclic) bond motifs is 1. The summed E-state index contributed by atoms with van der Waals surface area (Å²) >= 11 is 0. The minimum absolute atomic E-state index is 0.225. The fraction of sp³-hybridized carbons (Fsp3) is 0. The number of aromatic amines is 1. The van der Waals surface area contributed by atoms with Crippen molar-refractivity contribution < 1.29 is 4.79 Å². The van der Waals surface area contributed by atoms with Gasteiger partial charge in [-0.15, -0.1) is 0 Å². The van der Waals surface area contributed by atoms with Crippen molar-refractivity contribution in [2.45, 2.75) is 0 Å². The highest BCUT2D eigenvalue weighted by molar-refractivity contribution is 6.07. The maximum Gasteiger partial charge on any atom is 0.259 e. The molecule has 1 amide bonds. The number of hydrogen-bond acceptors (Lipinski definition) is 3. The van der Waals surface area contributed by atoms with Crippen molar-refractivity contribution in [3.05, 3.63) is 54.4 Å². The van der Waals surface area contributed by atoms with E-state index in [-0.39, 0.29) is 11.7 Å². The van der Waals surface area contributed by atoms with E-state index in [2.05, 4.69) is 15.3 Å². The number of nitrogens with two attached hydrogens (primary N) is 1. The number of anilines is 2. The summed E-state index contributed by atoms with van der Waals surface area (Å²) in [5.74, 6) is -0.0387. The van der Waals surface area contributed by atoms with Gasteiger partial charge in [0, 0.05) is 29.0 Å². The number of benzene rings is 1. The Bertz CT molecular complexity index is 748. The van der Waals surface area contributed by atoms with Gasteiger partial charge < -0.3 is 16.0 Å². The Labute approximate surface area is 109 Å². The number of carbonyl (C=O) groups excluding carboxylic acids is 1. The van der Waals surface area contributed by atoms with Gasteiger partial charge in [-0.05, 0) is 36.4 Å². The van der Waals surface area contributed by atoms with Gasteiger partial charge in [0.15, 0.2) is 0 Å². The van der Waals surface area contributed by atoms with Crippen molar-refractivity contribution in [1.82, 2.24) is 9.97 Å². The monoisotopic (exact) mass is 252 g/mol. The Morgan fingerprint density at radius 3 is 3.00 bits per heavy atom. The maximum absolute atomic E-state index is 12.1. The highest BCUT2D eigenvalue weighted by atomic mass is 16.1. The third-order valence-electron chi connectivity index (χ3n) is 2.89. The van der Waals surface area contributed by atoms with E-state index in [1.54, 1.807) is 18.3 Å². The standard InChI is InChI=1S/C14H12N4O/c15-13-11(2-1-6-17-13)14(19)18-10-3-4-12-9(8-10)5-7-16-12/h1-8,16H,(H2,15,17)(H,18,19). The van der Waals surface area contributed by atoms with Crippen LogP contribution >= 0.6 is 0 Å². The van der Waals surface area contributed by atoms with Crippen LogP contribution in [0.25, 0.3) is 10.9 Å². The van der Waals surface area contributed by atoms with Gasteiger partial charge in [0.25, 0.3) is 5.91 Å². The first-order valence-electron chi connectivity index (χ1n) is 5.83. The summed E-state index contributed by atoms with van der Waals surface area (Å²) in [5, 5.41) is 3.85. The molecule has 0 saturated carbocycles. The van der Waals surface area contributed by atoms with E-state index in [9.17, 15) is 4.79 Å². The highest BCUT2D eigenvalue weighted by Crippen LogP contribution is 2.19. The van der Waals surface area contributed by atoms with Gasteiger partial charge in [0.2, 0.25) is 0 Å². The summed E-state index contributed by atoms with van der Waals surface area (Å²) in [6.45, 7) is 0. The third kappa shape index (κ3) is 2.13. The zero-order chi connectivity index (χ0) is 13.2. The van der Waals surface area contributed by atoms with Crippen LogP contribution in [-0.4, -0.2) is 15.9 Å². The van der Waals surface area contributed by atoms with Gasteiger partial charge in [-0.3, -0.25) is 4.79 Å². The first kappa shape index (κ1) is 11.3. The molecule has 0 aliphatic carbocycles. The lowest BCUT2D eigenvalue weighted by molar-refractivity contribution is 0.102. The van der Waals surface area contributed by atoms with Crippen molar-refractivity contribution in [3.8, 4) is 0 Å². The number of amides is 1. The predicted molar refractivity (Wildman–Crippen MR) is 74.9 cm³/mol. The van der Waals surface area contributed by atoms with E-state index in [0.717, 1.165) is 16.6 Å². The molecule has 4 N–H and O–H groups in total. The predicted octanol–water partition coefficient (Wildman–Crippen LogP) is 2.40. The van der Waals surface area contributed by atoms with E-state index in [0.29, 0.717) is 5.56 Å². The van der Waals surface area contributed by atoms with E-state index in [1.807, 2.05) is 30.5 Å². The molecule has 0 fully saturated rings. The summed E-state index contributed by atoms with van der Waals surface area (Å²) in [4.78, 5) is 19.1. The number of H-pyrrole nitrogens is 1. The van der Waals surface area contributed by atoms with Gasteiger partial charge in [0.1, 0.15) is 5.82 Å². The number of nitrogens with one attached hydrogen (secondary N) is 2. The summed E-state index contributed by atoms with van der Waals surface area (Å²) in [6, 6.07) is 10.9.